The van der Waals surface area contributed by atoms with Crippen molar-refractivity contribution >= 4 is 17.4 Å². The molecule has 1 unspecified atom stereocenters. The second-order valence-electron chi connectivity index (χ2n) is 7.63. The lowest BCUT2D eigenvalue weighted by Crippen LogP contribution is -2.51. The van der Waals surface area contributed by atoms with Crippen LogP contribution in [0.3, 0.4) is 0 Å². The van der Waals surface area contributed by atoms with Gasteiger partial charge in [0.2, 0.25) is 0 Å². The Morgan fingerprint density at radius 2 is 2.11 bits per heavy atom. The molecule has 2 aromatic heterocycles. The maximum Gasteiger partial charge on any atom is 0.410 e. The number of rotatable bonds is 5. The summed E-state index contributed by atoms with van der Waals surface area (Å²) in [5.74, 6) is 0.722. The number of hydrogen-bond donors (Lipinski definition) is 0. The molecule has 3 rings (SSSR count). The predicted molar refractivity (Wildman–Crippen MR) is 104 cm³/mol. The number of carbonyl (C=O) groups is 1. The van der Waals surface area contributed by atoms with Crippen molar-refractivity contribution in [1.29, 1.82) is 5.26 Å². The average molecular weight is 404 g/mol. The van der Waals surface area contributed by atoms with Crippen molar-refractivity contribution in [1.82, 2.24) is 30.0 Å². The molecule has 150 valence electrons. The number of thiophene rings is 1. The molecule has 0 radical (unpaired) electrons. The summed E-state index contributed by atoms with van der Waals surface area (Å²) in [7, 11) is 0. The first kappa shape index (κ1) is 20.2. The van der Waals surface area contributed by atoms with E-state index < -0.39 is 5.60 Å². The van der Waals surface area contributed by atoms with Crippen LogP contribution in [0.2, 0.25) is 0 Å². The lowest BCUT2D eigenvalue weighted by molar-refractivity contribution is 0.0115. The topological polar surface area (TPSA) is 100 Å². The smallest absolute Gasteiger partial charge is 0.410 e. The molecule has 0 aromatic carbocycles. The fourth-order valence-electron chi connectivity index (χ4n) is 3.17. The summed E-state index contributed by atoms with van der Waals surface area (Å²) < 4.78 is 7.18. The fourth-order valence-corrected chi connectivity index (χ4v) is 3.84. The number of hydrogen-bond acceptors (Lipinski definition) is 8. The first-order valence-electron chi connectivity index (χ1n) is 9.26. The van der Waals surface area contributed by atoms with E-state index in [9.17, 15) is 4.79 Å². The second kappa shape index (κ2) is 8.67. The molecule has 1 aliphatic heterocycles. The third-order valence-corrected chi connectivity index (χ3v) is 5.13. The first-order chi connectivity index (χ1) is 13.4. The molecule has 2 aromatic rings. The Bertz CT molecular complexity index is 814. The Labute approximate surface area is 168 Å². The van der Waals surface area contributed by atoms with Gasteiger partial charge in [-0.05, 0) is 53.6 Å². The minimum Gasteiger partial charge on any atom is -0.444 e. The van der Waals surface area contributed by atoms with Crippen molar-refractivity contribution in [2.45, 2.75) is 45.4 Å². The normalized spacial score (nSPS) is 16.6. The third-order valence-electron chi connectivity index (χ3n) is 4.43. The standard InChI is InChI=1S/C18H25N7O2S/c1-18(2,3)27-17(26)24-10-8-23(9-11-24)15(14-5-12-28-13-14)16-20-21-22-25(16)7-4-6-19/h5,12-13,15H,4,7-11H2,1-3H3. The zero-order valence-electron chi connectivity index (χ0n) is 16.4. The molecule has 1 aliphatic rings. The van der Waals surface area contributed by atoms with Crippen LogP contribution in [0.4, 0.5) is 4.79 Å². The first-order valence-corrected chi connectivity index (χ1v) is 10.2. The quantitative estimate of drug-likeness (QED) is 0.755. The summed E-state index contributed by atoms with van der Waals surface area (Å²) in [4.78, 5) is 16.4. The van der Waals surface area contributed by atoms with Gasteiger partial charge in [-0.2, -0.15) is 16.6 Å². The number of nitrogens with zero attached hydrogens (tertiary/aromatic N) is 7. The Hall–Kier alpha value is -2.51. The molecule has 0 bridgehead atoms. The molecule has 0 aliphatic carbocycles. The van der Waals surface area contributed by atoms with Crippen LogP contribution in [0, 0.1) is 11.3 Å². The van der Waals surface area contributed by atoms with Crippen LogP contribution in [0.5, 0.6) is 0 Å². The Balaban J connectivity index is 1.75. The van der Waals surface area contributed by atoms with Gasteiger partial charge >= 0.3 is 6.09 Å². The van der Waals surface area contributed by atoms with Gasteiger partial charge in [-0.25, -0.2) is 9.48 Å². The lowest BCUT2D eigenvalue weighted by Gasteiger charge is -2.38. The molecular formula is C18H25N7O2S. The lowest BCUT2D eigenvalue weighted by atomic mass is 10.1. The van der Waals surface area contributed by atoms with Crippen molar-refractivity contribution in [3.05, 3.63) is 28.2 Å². The second-order valence-corrected chi connectivity index (χ2v) is 8.41. The van der Waals surface area contributed by atoms with Crippen LogP contribution < -0.4 is 0 Å². The van der Waals surface area contributed by atoms with E-state index in [0.29, 0.717) is 39.1 Å². The highest BCUT2D eigenvalue weighted by molar-refractivity contribution is 7.08. The van der Waals surface area contributed by atoms with Crippen molar-refractivity contribution in [3.8, 4) is 6.07 Å². The van der Waals surface area contributed by atoms with E-state index in [1.807, 2.05) is 26.2 Å². The van der Waals surface area contributed by atoms with E-state index in [0.717, 1.165) is 11.4 Å². The molecule has 1 saturated heterocycles. The number of tetrazole rings is 1. The molecule has 9 nitrogen and oxygen atoms in total. The number of carbonyl (C=O) groups excluding carboxylic acids is 1. The summed E-state index contributed by atoms with van der Waals surface area (Å²) >= 11 is 1.62. The zero-order valence-corrected chi connectivity index (χ0v) is 17.2. The highest BCUT2D eigenvalue weighted by atomic mass is 32.1. The molecule has 0 spiro atoms. The minimum atomic E-state index is -0.504. The van der Waals surface area contributed by atoms with Crippen molar-refractivity contribution < 1.29 is 9.53 Å². The van der Waals surface area contributed by atoms with E-state index in [1.54, 1.807) is 20.9 Å². The largest absolute Gasteiger partial charge is 0.444 e. The SMILES string of the molecule is CC(C)(C)OC(=O)N1CCN(C(c2ccsc2)c2nnnn2CCC#N)CC1. The summed E-state index contributed by atoms with van der Waals surface area (Å²) in [5.41, 5.74) is 0.611. The Kier molecular flexibility index (Phi) is 6.26. The van der Waals surface area contributed by atoms with E-state index in [4.69, 9.17) is 10.00 Å². The molecule has 1 atom stereocenters. The highest BCUT2D eigenvalue weighted by Crippen LogP contribution is 2.29. The molecule has 1 fully saturated rings. The summed E-state index contributed by atoms with van der Waals surface area (Å²) in [6.45, 7) is 8.59. The minimum absolute atomic E-state index is 0.110. The maximum absolute atomic E-state index is 12.3. The molecular weight excluding hydrogens is 378 g/mol. The van der Waals surface area contributed by atoms with Crippen LogP contribution >= 0.6 is 11.3 Å². The predicted octanol–water partition coefficient (Wildman–Crippen LogP) is 2.29. The van der Waals surface area contributed by atoms with Gasteiger partial charge in [-0.15, -0.1) is 5.10 Å². The Morgan fingerprint density at radius 3 is 2.71 bits per heavy atom. The third kappa shape index (κ3) is 4.85. The van der Waals surface area contributed by atoms with Gasteiger partial charge < -0.3 is 9.64 Å². The summed E-state index contributed by atoms with van der Waals surface area (Å²) in [6.07, 6.45) is 0.0685. The average Bonchev–Trinajstić information content (AvgIpc) is 3.32. The van der Waals surface area contributed by atoms with Gasteiger partial charge in [-0.3, -0.25) is 4.90 Å². The molecule has 3 heterocycles. The van der Waals surface area contributed by atoms with Gasteiger partial charge in [0, 0.05) is 26.2 Å². The van der Waals surface area contributed by atoms with Gasteiger partial charge in [-0.1, -0.05) is 0 Å². The molecule has 0 saturated carbocycles. The van der Waals surface area contributed by atoms with Crippen LogP contribution in [0.25, 0.3) is 0 Å². The zero-order chi connectivity index (χ0) is 20.1. The van der Waals surface area contributed by atoms with E-state index in [2.05, 4.69) is 37.9 Å². The van der Waals surface area contributed by atoms with Crippen molar-refractivity contribution in [2.75, 3.05) is 26.2 Å². The van der Waals surface area contributed by atoms with E-state index in [-0.39, 0.29) is 12.1 Å². The summed E-state index contributed by atoms with van der Waals surface area (Å²) in [5, 5.41) is 25.2. The number of amides is 1. The van der Waals surface area contributed by atoms with Gasteiger partial charge in [0.1, 0.15) is 5.60 Å². The number of aromatic nitrogens is 4. The van der Waals surface area contributed by atoms with E-state index >= 15 is 0 Å². The molecule has 0 N–H and O–H groups in total. The number of ether oxygens (including phenoxy) is 1. The van der Waals surface area contributed by atoms with Crippen molar-refractivity contribution in [3.63, 3.8) is 0 Å². The number of piperazine rings is 1. The van der Waals surface area contributed by atoms with Crippen LogP contribution in [0.15, 0.2) is 16.8 Å². The highest BCUT2D eigenvalue weighted by Gasteiger charge is 2.33. The maximum atomic E-state index is 12.3. The number of aryl methyl sites for hydroxylation is 1. The van der Waals surface area contributed by atoms with Gasteiger partial charge in [0.05, 0.1) is 25.1 Å². The fraction of sp³-hybridized carbons (Fsp3) is 0.611. The molecule has 1 amide bonds. The van der Waals surface area contributed by atoms with Crippen molar-refractivity contribution in [2.24, 2.45) is 0 Å². The monoisotopic (exact) mass is 403 g/mol. The summed E-state index contributed by atoms with van der Waals surface area (Å²) in [6, 6.07) is 4.10. The van der Waals surface area contributed by atoms with Gasteiger partial charge in [0.15, 0.2) is 5.82 Å². The Morgan fingerprint density at radius 1 is 1.36 bits per heavy atom. The molecule has 28 heavy (non-hydrogen) atoms. The van der Waals surface area contributed by atoms with Crippen LogP contribution in [-0.4, -0.2) is 67.9 Å². The number of nitriles is 1. The van der Waals surface area contributed by atoms with Crippen LogP contribution in [-0.2, 0) is 11.3 Å². The molecule has 10 heteroatoms. The van der Waals surface area contributed by atoms with Crippen LogP contribution in [0.1, 0.15) is 44.6 Å². The van der Waals surface area contributed by atoms with Gasteiger partial charge in [0.25, 0.3) is 0 Å². The van der Waals surface area contributed by atoms with E-state index in [1.165, 1.54) is 0 Å².